The van der Waals surface area contributed by atoms with E-state index in [0.717, 1.165) is 25.9 Å². The van der Waals surface area contributed by atoms with Gasteiger partial charge in [-0.15, -0.1) is 0 Å². The Bertz CT molecular complexity index is 895. The van der Waals surface area contributed by atoms with Gasteiger partial charge >= 0.3 is 0 Å². The predicted molar refractivity (Wildman–Crippen MR) is 98.9 cm³/mol. The van der Waals surface area contributed by atoms with Crippen LogP contribution in [0.2, 0.25) is 0 Å². The SMILES string of the molecule is Nc1nc(N2CCCC2)nc2c1[C@H](C(=O)Nc1ccc(F)cc1)CC(=O)N2. The summed E-state index contributed by atoms with van der Waals surface area (Å²) in [7, 11) is 0. The van der Waals surface area contributed by atoms with Crippen molar-refractivity contribution in [3.05, 3.63) is 35.6 Å². The lowest BCUT2D eigenvalue weighted by molar-refractivity contribution is -0.123. The molecule has 1 fully saturated rings. The average molecular weight is 370 g/mol. The number of nitrogens with two attached hydrogens (primary N) is 1. The second-order valence-corrected chi connectivity index (χ2v) is 6.67. The molecule has 0 radical (unpaired) electrons. The first-order chi connectivity index (χ1) is 13.0. The van der Waals surface area contributed by atoms with Crippen LogP contribution in [0.3, 0.4) is 0 Å². The highest BCUT2D eigenvalue weighted by Crippen LogP contribution is 2.36. The molecule has 0 bridgehead atoms. The quantitative estimate of drug-likeness (QED) is 0.760. The topological polar surface area (TPSA) is 113 Å². The van der Waals surface area contributed by atoms with Crippen molar-refractivity contribution in [1.82, 2.24) is 9.97 Å². The molecule has 4 rings (SSSR count). The van der Waals surface area contributed by atoms with Crippen molar-refractivity contribution in [2.45, 2.75) is 25.2 Å². The summed E-state index contributed by atoms with van der Waals surface area (Å²) in [6.45, 7) is 1.67. The summed E-state index contributed by atoms with van der Waals surface area (Å²) < 4.78 is 13.0. The number of nitrogens with one attached hydrogen (secondary N) is 2. The monoisotopic (exact) mass is 370 g/mol. The summed E-state index contributed by atoms with van der Waals surface area (Å²) in [4.78, 5) is 35.7. The summed E-state index contributed by atoms with van der Waals surface area (Å²) in [6.07, 6.45) is 2.04. The van der Waals surface area contributed by atoms with E-state index in [2.05, 4.69) is 20.6 Å². The minimum Gasteiger partial charge on any atom is -0.383 e. The smallest absolute Gasteiger partial charge is 0.232 e. The van der Waals surface area contributed by atoms with Crippen molar-refractivity contribution >= 4 is 35.1 Å². The molecule has 1 aromatic heterocycles. The number of aromatic nitrogens is 2. The zero-order valence-corrected chi connectivity index (χ0v) is 14.5. The van der Waals surface area contributed by atoms with Gasteiger partial charge in [0.1, 0.15) is 17.5 Å². The summed E-state index contributed by atoms with van der Waals surface area (Å²) in [5.41, 5.74) is 6.98. The minimum absolute atomic E-state index is 0.0589. The fraction of sp³-hybridized carbons (Fsp3) is 0.333. The Balaban J connectivity index is 1.64. The molecule has 0 saturated carbocycles. The van der Waals surface area contributed by atoms with Crippen LogP contribution in [-0.2, 0) is 9.59 Å². The molecular weight excluding hydrogens is 351 g/mol. The van der Waals surface area contributed by atoms with E-state index in [0.29, 0.717) is 17.2 Å². The number of carbonyl (C=O) groups excluding carboxylic acids is 2. The van der Waals surface area contributed by atoms with Crippen molar-refractivity contribution in [3.63, 3.8) is 0 Å². The lowest BCUT2D eigenvalue weighted by atomic mass is 9.92. The molecule has 1 atom stereocenters. The highest BCUT2D eigenvalue weighted by atomic mass is 19.1. The molecule has 0 aliphatic carbocycles. The normalized spacial score (nSPS) is 18.8. The Labute approximate surface area is 155 Å². The van der Waals surface area contributed by atoms with E-state index in [1.54, 1.807) is 0 Å². The number of anilines is 4. The van der Waals surface area contributed by atoms with E-state index >= 15 is 0 Å². The van der Waals surface area contributed by atoms with Crippen LogP contribution in [0, 0.1) is 5.82 Å². The molecule has 3 heterocycles. The molecule has 0 spiro atoms. The number of benzene rings is 1. The van der Waals surface area contributed by atoms with Crippen LogP contribution in [0.25, 0.3) is 0 Å². The molecule has 8 nitrogen and oxygen atoms in total. The van der Waals surface area contributed by atoms with Crippen LogP contribution in [0.1, 0.15) is 30.7 Å². The Morgan fingerprint density at radius 1 is 1.22 bits per heavy atom. The van der Waals surface area contributed by atoms with Crippen molar-refractivity contribution in [3.8, 4) is 0 Å². The van der Waals surface area contributed by atoms with Crippen molar-refractivity contribution in [1.29, 1.82) is 0 Å². The number of rotatable bonds is 3. The number of nitrogens with zero attached hydrogens (tertiary/aromatic N) is 3. The van der Waals surface area contributed by atoms with Crippen LogP contribution in [-0.4, -0.2) is 34.9 Å². The average Bonchev–Trinajstić information content (AvgIpc) is 3.17. The summed E-state index contributed by atoms with van der Waals surface area (Å²) in [5, 5.41) is 5.38. The van der Waals surface area contributed by atoms with E-state index < -0.39 is 17.6 Å². The Morgan fingerprint density at radius 2 is 1.93 bits per heavy atom. The first kappa shape index (κ1) is 17.2. The van der Waals surface area contributed by atoms with Gasteiger partial charge in [0.05, 0.1) is 11.5 Å². The van der Waals surface area contributed by atoms with Gasteiger partial charge in [0.15, 0.2) is 0 Å². The molecule has 27 heavy (non-hydrogen) atoms. The van der Waals surface area contributed by atoms with Crippen molar-refractivity contribution in [2.24, 2.45) is 0 Å². The number of hydrogen-bond donors (Lipinski definition) is 3. The standard InChI is InChI=1S/C18H19FN6O2/c19-10-3-5-11(6-4-10)21-17(27)12-9-13(26)22-16-14(12)15(20)23-18(24-16)25-7-1-2-8-25/h3-6,12H,1-2,7-9H2,(H,21,27)(H3,20,22,23,24,26)/t12-/m1/s1. The first-order valence-electron chi connectivity index (χ1n) is 8.80. The van der Waals surface area contributed by atoms with Gasteiger partial charge in [-0.1, -0.05) is 0 Å². The molecule has 2 aliphatic rings. The molecule has 0 unspecified atom stereocenters. The highest BCUT2D eigenvalue weighted by Gasteiger charge is 2.35. The lowest BCUT2D eigenvalue weighted by Gasteiger charge is -2.26. The summed E-state index contributed by atoms with van der Waals surface area (Å²) in [5.74, 6) is -1.02. The van der Waals surface area contributed by atoms with Crippen LogP contribution in [0.5, 0.6) is 0 Å². The Kier molecular flexibility index (Phi) is 4.35. The maximum atomic E-state index is 13.0. The zero-order valence-electron chi connectivity index (χ0n) is 14.5. The van der Waals surface area contributed by atoms with Gasteiger partial charge in [0, 0.05) is 25.2 Å². The van der Waals surface area contributed by atoms with Crippen LogP contribution < -0.4 is 21.3 Å². The minimum atomic E-state index is -0.813. The number of halogens is 1. The molecular formula is C18H19FN6O2. The first-order valence-corrected chi connectivity index (χ1v) is 8.80. The van der Waals surface area contributed by atoms with Crippen molar-refractivity contribution in [2.75, 3.05) is 34.4 Å². The zero-order chi connectivity index (χ0) is 19.0. The number of fused-ring (bicyclic) bond motifs is 1. The van der Waals surface area contributed by atoms with Gasteiger partial charge in [0.25, 0.3) is 0 Å². The molecule has 1 aromatic carbocycles. The van der Waals surface area contributed by atoms with Gasteiger partial charge in [-0.05, 0) is 37.1 Å². The summed E-state index contributed by atoms with van der Waals surface area (Å²) >= 11 is 0. The molecule has 1 saturated heterocycles. The predicted octanol–water partition coefficient (Wildman–Crippen LogP) is 1.86. The summed E-state index contributed by atoms with van der Waals surface area (Å²) in [6, 6.07) is 5.40. The fourth-order valence-corrected chi connectivity index (χ4v) is 3.43. The highest BCUT2D eigenvalue weighted by molar-refractivity contribution is 6.05. The third kappa shape index (κ3) is 3.40. The van der Waals surface area contributed by atoms with E-state index in [1.807, 2.05) is 4.90 Å². The van der Waals surface area contributed by atoms with E-state index in [1.165, 1.54) is 24.3 Å². The van der Waals surface area contributed by atoms with E-state index in [4.69, 9.17) is 5.73 Å². The molecule has 4 N–H and O–H groups in total. The van der Waals surface area contributed by atoms with E-state index in [-0.39, 0.29) is 24.0 Å². The second kappa shape index (κ2) is 6.82. The maximum absolute atomic E-state index is 13.0. The van der Waals surface area contributed by atoms with Crippen LogP contribution in [0.15, 0.2) is 24.3 Å². The van der Waals surface area contributed by atoms with E-state index in [9.17, 15) is 14.0 Å². The Morgan fingerprint density at radius 3 is 2.63 bits per heavy atom. The largest absolute Gasteiger partial charge is 0.383 e. The Hall–Kier alpha value is -3.23. The molecule has 2 amide bonds. The maximum Gasteiger partial charge on any atom is 0.232 e. The number of amides is 2. The molecule has 2 aromatic rings. The molecule has 2 aliphatic heterocycles. The van der Waals surface area contributed by atoms with Gasteiger partial charge in [-0.25, -0.2) is 4.39 Å². The van der Waals surface area contributed by atoms with Gasteiger partial charge in [-0.3, -0.25) is 9.59 Å². The van der Waals surface area contributed by atoms with Gasteiger partial charge in [-0.2, -0.15) is 9.97 Å². The third-order valence-corrected chi connectivity index (χ3v) is 4.78. The van der Waals surface area contributed by atoms with Crippen LogP contribution >= 0.6 is 0 Å². The number of hydrogen-bond acceptors (Lipinski definition) is 6. The van der Waals surface area contributed by atoms with Gasteiger partial charge in [0.2, 0.25) is 17.8 Å². The number of nitrogen functional groups attached to an aromatic ring is 1. The van der Waals surface area contributed by atoms with Crippen molar-refractivity contribution < 1.29 is 14.0 Å². The third-order valence-electron chi connectivity index (χ3n) is 4.78. The lowest BCUT2D eigenvalue weighted by Crippen LogP contribution is -2.33. The fourth-order valence-electron chi connectivity index (χ4n) is 3.43. The van der Waals surface area contributed by atoms with Gasteiger partial charge < -0.3 is 21.3 Å². The molecule has 140 valence electrons. The van der Waals surface area contributed by atoms with Crippen LogP contribution in [0.4, 0.5) is 27.7 Å². The second-order valence-electron chi connectivity index (χ2n) is 6.67. The molecule has 9 heteroatoms. The number of carbonyl (C=O) groups is 2.